The van der Waals surface area contributed by atoms with Gasteiger partial charge in [-0.15, -0.1) is 11.3 Å². The normalized spacial score (nSPS) is 20.5. The van der Waals surface area contributed by atoms with Crippen molar-refractivity contribution in [2.75, 3.05) is 0 Å². The first-order valence-electron chi connectivity index (χ1n) is 7.94. The molecule has 1 aliphatic carbocycles. The van der Waals surface area contributed by atoms with Crippen molar-refractivity contribution >= 4 is 23.2 Å². The summed E-state index contributed by atoms with van der Waals surface area (Å²) in [4.78, 5) is 28.6. The number of aromatic nitrogens is 1. The van der Waals surface area contributed by atoms with E-state index in [0.717, 1.165) is 21.1 Å². The third-order valence-electron chi connectivity index (χ3n) is 4.33. The highest BCUT2D eigenvalue weighted by molar-refractivity contribution is 7.15. The van der Waals surface area contributed by atoms with Crippen LogP contribution < -0.4 is 5.32 Å². The summed E-state index contributed by atoms with van der Waals surface area (Å²) in [6, 6.07) is 8.01. The number of carboxylic acids is 1. The maximum atomic E-state index is 12.1. The molecular formula is C18H20N2O3S. The Morgan fingerprint density at radius 2 is 1.92 bits per heavy atom. The molecule has 1 fully saturated rings. The van der Waals surface area contributed by atoms with Crippen molar-refractivity contribution in [1.82, 2.24) is 10.3 Å². The molecule has 2 aromatic rings. The van der Waals surface area contributed by atoms with Crippen LogP contribution in [0.5, 0.6) is 0 Å². The molecule has 3 rings (SSSR count). The van der Waals surface area contributed by atoms with Crippen molar-refractivity contribution in [1.29, 1.82) is 0 Å². The minimum atomic E-state index is -0.890. The molecule has 1 aliphatic rings. The summed E-state index contributed by atoms with van der Waals surface area (Å²) < 4.78 is 0. The van der Waals surface area contributed by atoms with E-state index in [9.17, 15) is 9.59 Å². The Kier molecular flexibility index (Phi) is 4.41. The number of hydrogen-bond acceptors (Lipinski definition) is 4. The standard InChI is InChI=1S/C18H20N2O3S/c1-9-4-6-12(7-5-9)17-20-11(3)15(24-17)10(2)19-16(21)13-8-14(13)18(22)23/h4-7,10,13-14H,8H2,1-3H3,(H,19,21)(H,22,23). The van der Waals surface area contributed by atoms with Crippen LogP contribution in [0.25, 0.3) is 10.6 Å². The molecular weight excluding hydrogens is 324 g/mol. The zero-order chi connectivity index (χ0) is 17.4. The number of carbonyl (C=O) groups excluding carboxylic acids is 1. The molecule has 1 heterocycles. The van der Waals surface area contributed by atoms with Crippen LogP contribution >= 0.6 is 11.3 Å². The first-order valence-corrected chi connectivity index (χ1v) is 8.76. The van der Waals surface area contributed by atoms with Gasteiger partial charge in [0.25, 0.3) is 0 Å². The van der Waals surface area contributed by atoms with Crippen molar-refractivity contribution in [3.8, 4) is 10.6 Å². The number of carboxylic acid groups (broad SMARTS) is 1. The van der Waals surface area contributed by atoms with Gasteiger partial charge in [0.15, 0.2) is 0 Å². The fourth-order valence-electron chi connectivity index (χ4n) is 2.77. The summed E-state index contributed by atoms with van der Waals surface area (Å²) in [6.07, 6.45) is 0.435. The second-order valence-corrected chi connectivity index (χ2v) is 7.38. The highest BCUT2D eigenvalue weighted by Crippen LogP contribution is 2.39. The van der Waals surface area contributed by atoms with Gasteiger partial charge in [-0.2, -0.15) is 0 Å². The molecule has 126 valence electrons. The van der Waals surface area contributed by atoms with Gasteiger partial charge in [-0.05, 0) is 27.2 Å². The number of hydrogen-bond donors (Lipinski definition) is 2. The van der Waals surface area contributed by atoms with Gasteiger partial charge in [0.2, 0.25) is 5.91 Å². The summed E-state index contributed by atoms with van der Waals surface area (Å²) >= 11 is 1.57. The quantitative estimate of drug-likeness (QED) is 0.872. The Morgan fingerprint density at radius 1 is 1.25 bits per heavy atom. The largest absolute Gasteiger partial charge is 0.481 e. The third-order valence-corrected chi connectivity index (χ3v) is 5.72. The smallest absolute Gasteiger partial charge is 0.307 e. The molecule has 0 radical (unpaired) electrons. The lowest BCUT2D eigenvalue weighted by Crippen LogP contribution is -2.29. The minimum Gasteiger partial charge on any atom is -0.481 e. The van der Waals surface area contributed by atoms with E-state index in [1.807, 2.05) is 32.9 Å². The zero-order valence-corrected chi connectivity index (χ0v) is 14.7. The van der Waals surface area contributed by atoms with Gasteiger partial charge in [-0.3, -0.25) is 9.59 Å². The fraction of sp³-hybridized carbons (Fsp3) is 0.389. The van der Waals surface area contributed by atoms with E-state index in [2.05, 4.69) is 22.4 Å². The van der Waals surface area contributed by atoms with Crippen molar-refractivity contribution < 1.29 is 14.7 Å². The molecule has 5 nitrogen and oxygen atoms in total. The summed E-state index contributed by atoms with van der Waals surface area (Å²) in [6.45, 7) is 5.89. The molecule has 6 heteroatoms. The lowest BCUT2D eigenvalue weighted by atomic mass is 10.2. The fourth-order valence-corrected chi connectivity index (χ4v) is 3.85. The van der Waals surface area contributed by atoms with Crippen LogP contribution in [0.2, 0.25) is 0 Å². The number of carbonyl (C=O) groups is 2. The van der Waals surface area contributed by atoms with Crippen LogP contribution in [-0.2, 0) is 9.59 Å². The molecule has 0 saturated heterocycles. The van der Waals surface area contributed by atoms with Gasteiger partial charge in [-0.25, -0.2) is 4.98 Å². The highest BCUT2D eigenvalue weighted by atomic mass is 32.1. The summed E-state index contributed by atoms with van der Waals surface area (Å²) in [5, 5.41) is 12.8. The molecule has 24 heavy (non-hydrogen) atoms. The van der Waals surface area contributed by atoms with Crippen molar-refractivity contribution in [2.24, 2.45) is 11.8 Å². The topological polar surface area (TPSA) is 79.3 Å². The number of aryl methyl sites for hydroxylation is 2. The molecule has 0 aliphatic heterocycles. The van der Waals surface area contributed by atoms with E-state index < -0.39 is 17.8 Å². The number of benzene rings is 1. The molecule has 3 atom stereocenters. The molecule has 1 aromatic heterocycles. The van der Waals surface area contributed by atoms with Crippen molar-refractivity contribution in [3.63, 3.8) is 0 Å². The van der Waals surface area contributed by atoms with Gasteiger partial charge in [0.1, 0.15) is 5.01 Å². The average molecular weight is 344 g/mol. The zero-order valence-electron chi connectivity index (χ0n) is 13.9. The molecule has 3 unspecified atom stereocenters. The maximum absolute atomic E-state index is 12.1. The minimum absolute atomic E-state index is 0.177. The van der Waals surface area contributed by atoms with Gasteiger partial charge >= 0.3 is 5.97 Å². The van der Waals surface area contributed by atoms with E-state index in [0.29, 0.717) is 6.42 Å². The summed E-state index contributed by atoms with van der Waals surface area (Å²) in [5.74, 6) is -1.99. The SMILES string of the molecule is Cc1ccc(-c2nc(C)c(C(C)NC(=O)C3CC3C(=O)O)s2)cc1. The molecule has 0 spiro atoms. The Bertz CT molecular complexity index is 782. The molecule has 2 N–H and O–H groups in total. The van der Waals surface area contributed by atoms with E-state index >= 15 is 0 Å². The Balaban J connectivity index is 1.71. The van der Waals surface area contributed by atoms with Crippen LogP contribution in [0.15, 0.2) is 24.3 Å². The van der Waals surface area contributed by atoms with Gasteiger partial charge in [0, 0.05) is 5.56 Å². The lowest BCUT2D eigenvalue weighted by molar-refractivity contribution is -0.140. The predicted molar refractivity (Wildman–Crippen MR) is 92.8 cm³/mol. The number of thiazole rings is 1. The lowest BCUT2D eigenvalue weighted by Gasteiger charge is -2.12. The molecule has 1 aromatic carbocycles. The number of nitrogens with zero attached hydrogens (tertiary/aromatic N) is 1. The Morgan fingerprint density at radius 3 is 2.50 bits per heavy atom. The number of amides is 1. The Labute approximate surface area is 144 Å². The maximum Gasteiger partial charge on any atom is 0.307 e. The second-order valence-electron chi connectivity index (χ2n) is 6.35. The molecule has 0 bridgehead atoms. The van der Waals surface area contributed by atoms with Crippen LogP contribution in [0.3, 0.4) is 0 Å². The van der Waals surface area contributed by atoms with Crippen molar-refractivity contribution in [3.05, 3.63) is 40.4 Å². The Hall–Kier alpha value is -2.21. The van der Waals surface area contributed by atoms with E-state index in [4.69, 9.17) is 5.11 Å². The van der Waals surface area contributed by atoms with E-state index in [1.54, 1.807) is 11.3 Å². The van der Waals surface area contributed by atoms with E-state index in [1.165, 1.54) is 5.56 Å². The summed E-state index contributed by atoms with van der Waals surface area (Å²) in [5.41, 5.74) is 3.16. The number of nitrogens with one attached hydrogen (secondary N) is 1. The summed E-state index contributed by atoms with van der Waals surface area (Å²) in [7, 11) is 0. The molecule has 1 saturated carbocycles. The van der Waals surface area contributed by atoms with E-state index in [-0.39, 0.29) is 11.9 Å². The first kappa shape index (κ1) is 16.6. The van der Waals surface area contributed by atoms with Crippen LogP contribution in [0.1, 0.15) is 35.5 Å². The second kappa shape index (κ2) is 6.36. The van der Waals surface area contributed by atoms with Crippen molar-refractivity contribution in [2.45, 2.75) is 33.2 Å². The molecule has 1 amide bonds. The monoisotopic (exact) mass is 344 g/mol. The highest BCUT2D eigenvalue weighted by Gasteiger charge is 2.48. The van der Waals surface area contributed by atoms with Gasteiger partial charge < -0.3 is 10.4 Å². The third kappa shape index (κ3) is 3.33. The number of rotatable bonds is 5. The van der Waals surface area contributed by atoms with Crippen LogP contribution in [-0.4, -0.2) is 22.0 Å². The first-order chi connectivity index (χ1) is 11.4. The van der Waals surface area contributed by atoms with Crippen LogP contribution in [0, 0.1) is 25.7 Å². The average Bonchev–Trinajstić information content (AvgIpc) is 3.25. The van der Waals surface area contributed by atoms with Crippen LogP contribution in [0.4, 0.5) is 0 Å². The predicted octanol–water partition coefficient (Wildman–Crippen LogP) is 3.32. The van der Waals surface area contributed by atoms with Gasteiger partial charge in [0.05, 0.1) is 28.4 Å². The number of aliphatic carboxylic acids is 1. The van der Waals surface area contributed by atoms with Gasteiger partial charge in [-0.1, -0.05) is 29.8 Å².